The second-order valence-corrected chi connectivity index (χ2v) is 26.1. The number of imidazole rings is 2. The number of fused-ring (bicyclic) bond motifs is 4. The van der Waals surface area contributed by atoms with Crippen LogP contribution in [-0.2, 0) is 49.5 Å². The largest absolute Gasteiger partial charge is 0.396 e. The van der Waals surface area contributed by atoms with Crippen LogP contribution < -0.4 is 11.4 Å². The van der Waals surface area contributed by atoms with Gasteiger partial charge in [0.2, 0.25) is 0 Å². The molecule has 2 fully saturated rings. The van der Waals surface area contributed by atoms with Gasteiger partial charge in [0.1, 0.15) is 0 Å². The number of pyridine rings is 2. The van der Waals surface area contributed by atoms with Crippen molar-refractivity contribution < 1.29 is 26.1 Å². The van der Waals surface area contributed by atoms with Gasteiger partial charge in [-0.05, 0) is 150 Å². The summed E-state index contributed by atoms with van der Waals surface area (Å²) in [6, 6.07) is 34.2. The maximum Gasteiger partial charge on any atom is 0.329 e. The fourth-order valence-corrected chi connectivity index (χ4v) is 12.5. The van der Waals surface area contributed by atoms with Gasteiger partial charge >= 0.3 is 11.4 Å². The maximum absolute atomic E-state index is 13.5. The van der Waals surface area contributed by atoms with Crippen molar-refractivity contribution in [3.63, 3.8) is 0 Å². The molecular weight excluding hydrogens is 1200 g/mol. The molecule has 12 rings (SSSR count). The summed E-state index contributed by atoms with van der Waals surface area (Å²) in [7, 11) is -2.25. The molecule has 79 heavy (non-hydrogen) atoms. The van der Waals surface area contributed by atoms with E-state index in [0.717, 1.165) is 127 Å². The normalized spacial score (nSPS) is 13.7. The van der Waals surface area contributed by atoms with E-state index < -0.39 is 19.2 Å². The Morgan fingerprint density at radius 2 is 1.00 bits per heavy atom. The molecule has 0 radical (unpaired) electrons. The van der Waals surface area contributed by atoms with Gasteiger partial charge in [-0.2, -0.15) is 8.42 Å². The Kier molecular flexibility index (Phi) is 17.0. The number of benzene rings is 4. The molecule has 0 saturated heterocycles. The summed E-state index contributed by atoms with van der Waals surface area (Å²) in [6.07, 6.45) is 14.2. The first kappa shape index (κ1) is 56.2. The van der Waals surface area contributed by atoms with Crippen molar-refractivity contribution in [2.45, 2.75) is 113 Å². The lowest BCUT2D eigenvalue weighted by Crippen LogP contribution is -2.25. The van der Waals surface area contributed by atoms with Gasteiger partial charge in [-0.25, -0.2) is 18.0 Å². The van der Waals surface area contributed by atoms with Crippen LogP contribution in [0.1, 0.15) is 86.0 Å². The van der Waals surface area contributed by atoms with Crippen LogP contribution in [0.2, 0.25) is 0 Å². The van der Waals surface area contributed by atoms with Crippen molar-refractivity contribution in [3.05, 3.63) is 186 Å². The van der Waals surface area contributed by atoms with E-state index in [4.69, 9.17) is 14.9 Å². The predicted octanol–water partition coefficient (Wildman–Crippen LogP) is 11.8. The number of aliphatic hydroxyl groups is 1. The molecule has 16 nitrogen and oxygen atoms in total. The molecule has 0 unspecified atom stereocenters. The van der Waals surface area contributed by atoms with Crippen molar-refractivity contribution in [1.29, 1.82) is 0 Å². The lowest BCUT2D eigenvalue weighted by atomic mass is 10.2. The Morgan fingerprint density at radius 3 is 1.43 bits per heavy atom. The van der Waals surface area contributed by atoms with Gasteiger partial charge in [0.15, 0.2) is 0 Å². The third-order valence-corrected chi connectivity index (χ3v) is 18.0. The first-order chi connectivity index (χ1) is 38.0. The number of aromatic nitrogens is 8. The average Bonchev–Trinajstić information content (AvgIpc) is 4.39. The smallest absolute Gasteiger partial charge is 0.329 e. The van der Waals surface area contributed by atoms with E-state index in [2.05, 4.69) is 87.4 Å². The minimum atomic E-state index is -3.78. The molecule has 1 N–H and O–H groups in total. The number of rotatable bonds is 18. The van der Waals surface area contributed by atoms with Gasteiger partial charge in [-0.1, -0.05) is 67.3 Å². The first-order valence-electron chi connectivity index (χ1n) is 26.2. The summed E-state index contributed by atoms with van der Waals surface area (Å²) >= 11 is 7.13. The second-order valence-electron chi connectivity index (χ2n) is 20.1. The molecule has 2 aliphatic carbocycles. The van der Waals surface area contributed by atoms with Crippen LogP contribution in [0.3, 0.4) is 0 Å². The minimum Gasteiger partial charge on any atom is -0.396 e. The molecule has 4 aromatic carbocycles. The summed E-state index contributed by atoms with van der Waals surface area (Å²) < 4.78 is 65.8. The van der Waals surface area contributed by atoms with Crippen molar-refractivity contribution in [2.75, 3.05) is 13.2 Å². The van der Waals surface area contributed by atoms with Crippen LogP contribution in [0.5, 0.6) is 0 Å². The van der Waals surface area contributed by atoms with Crippen LogP contribution in [0.25, 0.3) is 43.9 Å². The lowest BCUT2D eigenvalue weighted by Gasteiger charge is -2.12. The maximum atomic E-state index is 13.5. The van der Waals surface area contributed by atoms with Gasteiger partial charge in [0.05, 0.1) is 63.9 Å². The number of unbranched alkanes of at least 4 members (excludes halogenated alkanes) is 2. The van der Waals surface area contributed by atoms with E-state index in [1.165, 1.54) is 12.1 Å². The number of hydrogen-bond acceptors (Lipinski definition) is 10. The molecule has 2 aliphatic rings. The van der Waals surface area contributed by atoms with Gasteiger partial charge in [-0.15, -0.1) is 0 Å². The average molecular weight is 1260 g/mol. The summed E-state index contributed by atoms with van der Waals surface area (Å²) in [6.45, 7) is 6.50. The van der Waals surface area contributed by atoms with Crippen LogP contribution in [0.15, 0.2) is 162 Å². The molecule has 2 saturated carbocycles. The Hall–Kier alpha value is -6.13. The van der Waals surface area contributed by atoms with E-state index in [1.54, 1.807) is 61.2 Å². The van der Waals surface area contributed by atoms with E-state index in [9.17, 15) is 31.5 Å². The number of halogens is 3. The number of aryl methyl sites for hydroxylation is 4. The standard InChI is InChI=1S/C29H29BrN4O4S.C22H23BrN4O2.C7H7ClO2S/c1-20-4-9-25(10-5-20)39(36,37)38-15-3-2-14-32-24(17-21-16-22(30)6-11-26(21)32)19-33-28-18-31-13-12-27(28)34(29(33)35)23-7-8-23;23-16-3-6-19-15(11-16)12-18(25(19)9-1-2-10-28)14-26-21-13-24-8-7-20(21)27(22(26)29)17-4-5-17;1-6-2-4-7(5-3-6)11(8,9)10/h4-6,9-13,16-18,23H,2-3,7-8,14-15,19H2,1H3;3,6-8,11-13,17,28H,1-2,4-5,9-10,14H2;2-5H,1H3. The highest BCUT2D eigenvalue weighted by Gasteiger charge is 2.31. The summed E-state index contributed by atoms with van der Waals surface area (Å²) in [5, 5.41) is 11.4. The quantitative estimate of drug-likeness (QED) is 0.0492. The molecular formula is C58H59Br2ClN8O8S2. The van der Waals surface area contributed by atoms with E-state index in [1.807, 2.05) is 56.4 Å². The monoisotopic (exact) mass is 1250 g/mol. The van der Waals surface area contributed by atoms with Crippen molar-refractivity contribution >= 4 is 106 Å². The zero-order valence-corrected chi connectivity index (χ0v) is 49.1. The van der Waals surface area contributed by atoms with Gasteiger partial charge < -0.3 is 14.2 Å². The highest BCUT2D eigenvalue weighted by Crippen LogP contribution is 2.38. The molecule has 0 bridgehead atoms. The van der Waals surface area contributed by atoms with E-state index in [-0.39, 0.29) is 40.4 Å². The second kappa shape index (κ2) is 23.9. The van der Waals surface area contributed by atoms with E-state index in [0.29, 0.717) is 32.1 Å². The molecule has 6 heterocycles. The van der Waals surface area contributed by atoms with Crippen LogP contribution >= 0.6 is 42.5 Å². The first-order valence-corrected chi connectivity index (χ1v) is 31.5. The molecule has 21 heteroatoms. The topological polar surface area (TPSA) is 187 Å². The molecule has 0 spiro atoms. The predicted molar refractivity (Wildman–Crippen MR) is 316 cm³/mol. The number of nitrogens with zero attached hydrogens (tertiary/aromatic N) is 8. The Labute approximate surface area is 478 Å². The third kappa shape index (κ3) is 12.8. The minimum absolute atomic E-state index is 0.00630. The molecule has 0 atom stereocenters. The van der Waals surface area contributed by atoms with E-state index >= 15 is 0 Å². The molecule has 6 aromatic heterocycles. The highest BCUT2D eigenvalue weighted by molar-refractivity contribution is 9.10. The number of aliphatic hydroxyl groups excluding tert-OH is 1. The van der Waals surface area contributed by atoms with Crippen molar-refractivity contribution in [1.82, 2.24) is 37.4 Å². The Balaban J connectivity index is 0.000000154. The Bertz CT molecular complexity index is 4200. The van der Waals surface area contributed by atoms with Crippen molar-refractivity contribution in [2.24, 2.45) is 0 Å². The summed E-state index contributed by atoms with van der Waals surface area (Å²) in [4.78, 5) is 35.6. The van der Waals surface area contributed by atoms with Gasteiger partial charge in [0.25, 0.3) is 19.2 Å². The summed E-state index contributed by atoms with van der Waals surface area (Å²) in [5.41, 5.74) is 9.98. The lowest BCUT2D eigenvalue weighted by molar-refractivity contribution is 0.281. The molecule has 0 aliphatic heterocycles. The SMILES string of the molecule is Cc1ccc(S(=O)(=O)Cl)cc1.Cc1ccc(S(=O)(=O)OCCCCn2c(Cn3c(=O)n(C4CC4)c4ccncc43)cc3cc(Br)ccc32)cc1.O=c1n(Cc2cc3cc(Br)ccc3n2CCCCO)c2cnccc2n1C1CC1. The Morgan fingerprint density at radius 1 is 0.557 bits per heavy atom. The zero-order chi connectivity index (χ0) is 55.6. The molecule has 10 aromatic rings. The fourth-order valence-electron chi connectivity index (χ4n) is 10.0. The fraction of sp³-hybridized carbons (Fsp3) is 0.310. The molecule has 412 valence electrons. The van der Waals surface area contributed by atoms with Crippen LogP contribution in [0.4, 0.5) is 0 Å². The summed E-state index contributed by atoms with van der Waals surface area (Å²) in [5.74, 6) is 0. The third-order valence-electron chi connectivity index (χ3n) is 14.3. The number of hydrogen-bond donors (Lipinski definition) is 1. The van der Waals surface area contributed by atoms with Gasteiger partial charge in [0, 0.05) is 97.0 Å². The van der Waals surface area contributed by atoms with Crippen molar-refractivity contribution in [3.8, 4) is 0 Å². The van der Waals surface area contributed by atoms with Crippen LogP contribution in [0, 0.1) is 13.8 Å². The highest BCUT2D eigenvalue weighted by atomic mass is 79.9. The molecule has 0 amide bonds. The van der Waals surface area contributed by atoms with Crippen LogP contribution in [-0.4, -0.2) is 72.5 Å². The van der Waals surface area contributed by atoms with Gasteiger partial charge in [-0.3, -0.25) is 32.4 Å². The zero-order valence-electron chi connectivity index (χ0n) is 43.6.